The molecule has 0 radical (unpaired) electrons. The Hall–Kier alpha value is 0.250. The number of hydrogen-bond acceptors (Lipinski definition) is 1. The van der Waals surface area contributed by atoms with Gasteiger partial charge in [0.1, 0.15) is 0 Å². The molecule has 56 valence electrons. The summed E-state index contributed by atoms with van der Waals surface area (Å²) in [5.41, 5.74) is 0. The van der Waals surface area contributed by atoms with E-state index in [0.717, 1.165) is 25.5 Å². The Morgan fingerprint density at radius 3 is 2.67 bits per heavy atom. The van der Waals surface area contributed by atoms with Gasteiger partial charge in [0.05, 0.1) is 0 Å². The second kappa shape index (κ2) is 6.37. The van der Waals surface area contributed by atoms with Gasteiger partial charge in [-0.05, 0) is 19.3 Å². The summed E-state index contributed by atoms with van der Waals surface area (Å²) in [5, 5.41) is 0. The Labute approximate surface area is 62.3 Å². The highest BCUT2D eigenvalue weighted by Crippen LogP contribution is 2.03. The SMILES string of the molecule is CCOCCC(C)CCl. The molecule has 1 atom stereocenters. The Balaban J connectivity index is 2.88. The van der Waals surface area contributed by atoms with E-state index in [1.165, 1.54) is 0 Å². The summed E-state index contributed by atoms with van der Waals surface area (Å²) in [4.78, 5) is 0. The molecule has 0 fully saturated rings. The van der Waals surface area contributed by atoms with Gasteiger partial charge in [0.25, 0.3) is 0 Å². The zero-order valence-electron chi connectivity index (χ0n) is 6.19. The van der Waals surface area contributed by atoms with Crippen molar-refractivity contribution in [1.82, 2.24) is 0 Å². The maximum absolute atomic E-state index is 5.58. The third kappa shape index (κ3) is 6.13. The van der Waals surface area contributed by atoms with Crippen molar-refractivity contribution in [2.45, 2.75) is 20.3 Å². The van der Waals surface area contributed by atoms with Crippen LogP contribution in [0.15, 0.2) is 0 Å². The second-order valence-corrected chi connectivity index (χ2v) is 2.55. The normalized spacial score (nSPS) is 13.7. The number of rotatable bonds is 5. The Morgan fingerprint density at radius 2 is 2.22 bits per heavy atom. The largest absolute Gasteiger partial charge is 0.382 e. The lowest BCUT2D eigenvalue weighted by Crippen LogP contribution is -2.02. The Kier molecular flexibility index (Phi) is 6.55. The quantitative estimate of drug-likeness (QED) is 0.432. The summed E-state index contributed by atoms with van der Waals surface area (Å²) in [6.07, 6.45) is 1.08. The van der Waals surface area contributed by atoms with Gasteiger partial charge in [-0.3, -0.25) is 0 Å². The van der Waals surface area contributed by atoms with Crippen molar-refractivity contribution in [3.63, 3.8) is 0 Å². The number of alkyl halides is 1. The molecule has 1 nitrogen and oxygen atoms in total. The van der Waals surface area contributed by atoms with Crippen molar-refractivity contribution >= 4 is 11.6 Å². The molecule has 0 bridgehead atoms. The van der Waals surface area contributed by atoms with Crippen LogP contribution in [0.2, 0.25) is 0 Å². The van der Waals surface area contributed by atoms with E-state index < -0.39 is 0 Å². The molecule has 0 aromatic heterocycles. The molecular formula is C7H15ClO. The van der Waals surface area contributed by atoms with Gasteiger partial charge < -0.3 is 4.74 Å². The summed E-state index contributed by atoms with van der Waals surface area (Å²) in [5.74, 6) is 1.34. The van der Waals surface area contributed by atoms with Crippen molar-refractivity contribution in [2.75, 3.05) is 19.1 Å². The Morgan fingerprint density at radius 1 is 1.56 bits per heavy atom. The van der Waals surface area contributed by atoms with E-state index in [4.69, 9.17) is 16.3 Å². The van der Waals surface area contributed by atoms with Crippen LogP contribution in [0.3, 0.4) is 0 Å². The van der Waals surface area contributed by atoms with E-state index in [9.17, 15) is 0 Å². The topological polar surface area (TPSA) is 9.23 Å². The first-order valence-corrected chi connectivity index (χ1v) is 3.98. The lowest BCUT2D eigenvalue weighted by atomic mass is 10.1. The van der Waals surface area contributed by atoms with E-state index in [2.05, 4.69) is 6.92 Å². The average molecular weight is 151 g/mol. The third-order valence-electron chi connectivity index (χ3n) is 1.22. The lowest BCUT2D eigenvalue weighted by Gasteiger charge is -2.05. The summed E-state index contributed by atoms with van der Waals surface area (Å²) < 4.78 is 5.15. The van der Waals surface area contributed by atoms with Crippen LogP contribution in [0.5, 0.6) is 0 Å². The Bertz CT molecular complexity index is 56.9. The van der Waals surface area contributed by atoms with Crippen LogP contribution in [-0.4, -0.2) is 19.1 Å². The average Bonchev–Trinajstić information content (AvgIpc) is 1.89. The minimum Gasteiger partial charge on any atom is -0.382 e. The highest BCUT2D eigenvalue weighted by atomic mass is 35.5. The van der Waals surface area contributed by atoms with Crippen LogP contribution in [0.1, 0.15) is 20.3 Å². The van der Waals surface area contributed by atoms with Gasteiger partial charge in [-0.2, -0.15) is 0 Å². The first-order valence-electron chi connectivity index (χ1n) is 3.45. The van der Waals surface area contributed by atoms with Gasteiger partial charge >= 0.3 is 0 Å². The van der Waals surface area contributed by atoms with Gasteiger partial charge in [0.2, 0.25) is 0 Å². The van der Waals surface area contributed by atoms with Gasteiger partial charge in [-0.25, -0.2) is 0 Å². The van der Waals surface area contributed by atoms with Crippen molar-refractivity contribution < 1.29 is 4.74 Å². The molecule has 0 aliphatic carbocycles. The molecule has 0 N–H and O–H groups in total. The molecule has 0 saturated heterocycles. The predicted octanol–water partition coefficient (Wildman–Crippen LogP) is 2.29. The second-order valence-electron chi connectivity index (χ2n) is 2.25. The minimum absolute atomic E-state index is 0.596. The van der Waals surface area contributed by atoms with Crippen molar-refractivity contribution in [1.29, 1.82) is 0 Å². The molecule has 2 heteroatoms. The highest BCUT2D eigenvalue weighted by Gasteiger charge is 1.97. The molecular weight excluding hydrogens is 136 g/mol. The van der Waals surface area contributed by atoms with E-state index in [1.54, 1.807) is 0 Å². The molecule has 0 heterocycles. The number of hydrogen-bond donors (Lipinski definition) is 0. The fourth-order valence-corrected chi connectivity index (χ4v) is 0.660. The van der Waals surface area contributed by atoms with Gasteiger partial charge in [-0.1, -0.05) is 6.92 Å². The fraction of sp³-hybridized carbons (Fsp3) is 1.00. The monoisotopic (exact) mass is 150 g/mol. The molecule has 0 aliphatic rings. The van der Waals surface area contributed by atoms with Crippen LogP contribution in [0.25, 0.3) is 0 Å². The summed E-state index contributed by atoms with van der Waals surface area (Å²) in [6, 6.07) is 0. The molecule has 0 spiro atoms. The van der Waals surface area contributed by atoms with E-state index >= 15 is 0 Å². The molecule has 0 aromatic rings. The molecule has 0 amide bonds. The lowest BCUT2D eigenvalue weighted by molar-refractivity contribution is 0.136. The maximum Gasteiger partial charge on any atom is 0.0468 e. The molecule has 0 saturated carbocycles. The zero-order valence-corrected chi connectivity index (χ0v) is 6.95. The molecule has 9 heavy (non-hydrogen) atoms. The van der Waals surface area contributed by atoms with Gasteiger partial charge in [0, 0.05) is 19.1 Å². The van der Waals surface area contributed by atoms with Crippen molar-refractivity contribution in [3.05, 3.63) is 0 Å². The molecule has 0 aliphatic heterocycles. The summed E-state index contributed by atoms with van der Waals surface area (Å²) in [7, 11) is 0. The van der Waals surface area contributed by atoms with Crippen LogP contribution >= 0.6 is 11.6 Å². The predicted molar refractivity (Wildman–Crippen MR) is 41.0 cm³/mol. The van der Waals surface area contributed by atoms with Crippen LogP contribution in [0.4, 0.5) is 0 Å². The van der Waals surface area contributed by atoms with Gasteiger partial charge in [0.15, 0.2) is 0 Å². The molecule has 0 rings (SSSR count). The van der Waals surface area contributed by atoms with Crippen LogP contribution < -0.4 is 0 Å². The highest BCUT2D eigenvalue weighted by molar-refractivity contribution is 6.18. The van der Waals surface area contributed by atoms with Crippen molar-refractivity contribution in [2.24, 2.45) is 5.92 Å². The number of halogens is 1. The van der Waals surface area contributed by atoms with Crippen LogP contribution in [0, 0.1) is 5.92 Å². The van der Waals surface area contributed by atoms with Crippen LogP contribution in [-0.2, 0) is 4.74 Å². The smallest absolute Gasteiger partial charge is 0.0468 e. The van der Waals surface area contributed by atoms with Crippen molar-refractivity contribution in [3.8, 4) is 0 Å². The van der Waals surface area contributed by atoms with E-state index in [1.807, 2.05) is 6.92 Å². The third-order valence-corrected chi connectivity index (χ3v) is 1.75. The molecule has 0 aromatic carbocycles. The fourth-order valence-electron chi connectivity index (χ4n) is 0.506. The number of ether oxygens (including phenoxy) is 1. The summed E-state index contributed by atoms with van der Waals surface area (Å²) in [6.45, 7) is 5.80. The first kappa shape index (κ1) is 9.25. The maximum atomic E-state index is 5.58. The minimum atomic E-state index is 0.596. The zero-order chi connectivity index (χ0) is 7.11. The standard InChI is InChI=1S/C7H15ClO/c1-3-9-5-4-7(2)6-8/h7H,3-6H2,1-2H3. The van der Waals surface area contributed by atoms with Gasteiger partial charge in [-0.15, -0.1) is 11.6 Å². The summed E-state index contributed by atoms with van der Waals surface area (Å²) >= 11 is 5.58. The van der Waals surface area contributed by atoms with E-state index in [0.29, 0.717) is 5.92 Å². The van der Waals surface area contributed by atoms with E-state index in [-0.39, 0.29) is 0 Å². The molecule has 1 unspecified atom stereocenters. The first-order chi connectivity index (χ1) is 4.31.